The molecule has 1 amide bonds. The van der Waals surface area contributed by atoms with E-state index in [0.717, 1.165) is 116 Å². The number of carbonyl (C=O) groups is 2. The van der Waals surface area contributed by atoms with E-state index in [1.807, 2.05) is 33.3 Å². The smallest absolute Gasteiger partial charge is 0.306 e. The predicted molar refractivity (Wildman–Crippen MR) is 358 cm³/mol. The maximum atomic E-state index is 13.6. The second-order valence-electron chi connectivity index (χ2n) is 24.3. The fourth-order valence-corrected chi connectivity index (χ4v) is 10.4. The minimum Gasteiger partial charge on any atom is -0.756 e. The van der Waals surface area contributed by atoms with Crippen LogP contribution in [0.25, 0.3) is 0 Å². The average molecular weight is 1180 g/mol. The van der Waals surface area contributed by atoms with Crippen LogP contribution in [0.3, 0.4) is 0 Å². The molecular weight excluding hydrogens is 1050 g/mol. The third-order valence-corrected chi connectivity index (χ3v) is 16.0. The van der Waals surface area contributed by atoms with Crippen LogP contribution in [0.1, 0.15) is 303 Å². The van der Waals surface area contributed by atoms with Crippen LogP contribution in [0.4, 0.5) is 0 Å². The van der Waals surface area contributed by atoms with E-state index in [1.165, 1.54) is 154 Å². The number of hydrogen-bond donors (Lipinski definition) is 1. The molecule has 0 heterocycles. The van der Waals surface area contributed by atoms with Crippen LogP contribution < -0.4 is 10.2 Å². The Morgan fingerprint density at radius 1 is 0.422 bits per heavy atom. The van der Waals surface area contributed by atoms with Crippen molar-refractivity contribution in [2.45, 2.75) is 315 Å². The molecule has 0 aliphatic carbocycles. The average Bonchev–Trinajstić information content (AvgIpc) is 3.51. The number of carbonyl (C=O) groups excluding carboxylic acids is 2. The van der Waals surface area contributed by atoms with Crippen LogP contribution in [0.15, 0.2) is 97.2 Å². The van der Waals surface area contributed by atoms with E-state index < -0.39 is 26.6 Å². The predicted octanol–water partition coefficient (Wildman–Crippen LogP) is 21.3. The van der Waals surface area contributed by atoms with E-state index in [1.54, 1.807) is 0 Å². The highest BCUT2D eigenvalue weighted by molar-refractivity contribution is 7.45. The molecular formula is C73H131N2O7P. The molecule has 3 unspecified atom stereocenters. The van der Waals surface area contributed by atoms with Gasteiger partial charge in [-0.05, 0) is 115 Å². The van der Waals surface area contributed by atoms with E-state index in [4.69, 9.17) is 13.8 Å². The maximum Gasteiger partial charge on any atom is 0.306 e. The molecule has 0 aliphatic heterocycles. The molecule has 0 aromatic rings. The Labute approximate surface area is 513 Å². The number of allylic oxidation sites excluding steroid dienone is 15. The molecule has 0 aromatic carbocycles. The number of esters is 1. The lowest BCUT2D eigenvalue weighted by Gasteiger charge is -2.30. The molecule has 0 saturated heterocycles. The zero-order valence-corrected chi connectivity index (χ0v) is 55.8. The van der Waals surface area contributed by atoms with E-state index in [2.05, 4.69) is 111 Å². The van der Waals surface area contributed by atoms with Crippen molar-refractivity contribution in [3.63, 3.8) is 0 Å². The number of nitrogens with zero attached hydrogens (tertiary/aromatic N) is 1. The minimum absolute atomic E-state index is 0.0292. The first-order valence-corrected chi connectivity index (χ1v) is 36.0. The number of nitrogens with one attached hydrogen (secondary N) is 1. The molecule has 1 N–H and O–H groups in total. The highest BCUT2D eigenvalue weighted by atomic mass is 31.2. The van der Waals surface area contributed by atoms with Crippen LogP contribution in [-0.4, -0.2) is 69.4 Å². The van der Waals surface area contributed by atoms with Gasteiger partial charge in [0.2, 0.25) is 5.91 Å². The Morgan fingerprint density at radius 3 is 1.12 bits per heavy atom. The van der Waals surface area contributed by atoms with Crippen molar-refractivity contribution >= 4 is 19.7 Å². The first-order chi connectivity index (χ1) is 40.4. The number of hydrogen-bond acceptors (Lipinski definition) is 7. The van der Waals surface area contributed by atoms with Crippen molar-refractivity contribution in [2.75, 3.05) is 40.9 Å². The summed E-state index contributed by atoms with van der Waals surface area (Å²) in [5.41, 5.74) is 0. The van der Waals surface area contributed by atoms with E-state index in [9.17, 15) is 19.0 Å². The number of rotatable bonds is 62. The Morgan fingerprint density at radius 2 is 0.735 bits per heavy atom. The quantitative estimate of drug-likeness (QED) is 0.0212. The summed E-state index contributed by atoms with van der Waals surface area (Å²) in [4.78, 5) is 40.1. The van der Waals surface area contributed by atoms with Crippen LogP contribution >= 0.6 is 7.82 Å². The number of unbranched alkanes of at least 4 members (excludes halogenated alkanes) is 32. The number of quaternary nitrogens is 1. The van der Waals surface area contributed by atoms with Crippen molar-refractivity contribution in [3.05, 3.63) is 97.2 Å². The zero-order chi connectivity index (χ0) is 60.7. The molecule has 0 aromatic heterocycles. The first-order valence-electron chi connectivity index (χ1n) is 34.5. The largest absolute Gasteiger partial charge is 0.756 e. The van der Waals surface area contributed by atoms with Gasteiger partial charge in [0.1, 0.15) is 19.3 Å². The van der Waals surface area contributed by atoms with Gasteiger partial charge in [0.05, 0.1) is 33.8 Å². The Hall–Kier alpha value is -3.07. The van der Waals surface area contributed by atoms with Crippen LogP contribution in [0.2, 0.25) is 0 Å². The van der Waals surface area contributed by atoms with Gasteiger partial charge in [0.15, 0.2) is 0 Å². The molecule has 0 fully saturated rings. The topological polar surface area (TPSA) is 114 Å². The molecule has 10 heteroatoms. The SMILES string of the molecule is CCCCC/C=C\C/C=C\C/C=C\C/C=C\CCCCCCCCCC(=O)NC(COP(=O)([O-])OCC[N+](C)(C)C)C(/C=C/CCCCCCCCCCC)OC(=O)CCCCCCCCCCCC/C=C\C/C=C\C/C=C\CCCCC. The number of amides is 1. The highest BCUT2D eigenvalue weighted by Crippen LogP contribution is 2.38. The number of phosphoric ester groups is 1. The van der Waals surface area contributed by atoms with Gasteiger partial charge in [0, 0.05) is 12.8 Å². The van der Waals surface area contributed by atoms with Gasteiger partial charge >= 0.3 is 5.97 Å². The van der Waals surface area contributed by atoms with E-state index in [-0.39, 0.29) is 24.9 Å². The molecule has 0 radical (unpaired) electrons. The van der Waals surface area contributed by atoms with Gasteiger partial charge in [-0.2, -0.15) is 0 Å². The monoisotopic (exact) mass is 1180 g/mol. The lowest BCUT2D eigenvalue weighted by molar-refractivity contribution is -0.870. The summed E-state index contributed by atoms with van der Waals surface area (Å²) in [6.07, 6.45) is 83.8. The molecule has 83 heavy (non-hydrogen) atoms. The maximum absolute atomic E-state index is 13.6. The fourth-order valence-electron chi connectivity index (χ4n) is 9.63. The Kier molecular flexibility index (Phi) is 59.7. The molecule has 9 nitrogen and oxygen atoms in total. The summed E-state index contributed by atoms with van der Waals surface area (Å²) >= 11 is 0. The van der Waals surface area contributed by atoms with Gasteiger partial charge in [-0.3, -0.25) is 14.2 Å². The summed E-state index contributed by atoms with van der Waals surface area (Å²) in [6, 6.07) is -0.902. The van der Waals surface area contributed by atoms with Crippen molar-refractivity contribution in [3.8, 4) is 0 Å². The van der Waals surface area contributed by atoms with Crippen LogP contribution in [0, 0.1) is 0 Å². The van der Waals surface area contributed by atoms with Gasteiger partial charge in [-0.1, -0.05) is 272 Å². The lowest BCUT2D eigenvalue weighted by Crippen LogP contribution is -2.47. The van der Waals surface area contributed by atoms with Gasteiger partial charge < -0.3 is 28.5 Å². The third kappa shape index (κ3) is 63.3. The first kappa shape index (κ1) is 79.9. The van der Waals surface area contributed by atoms with Crippen molar-refractivity contribution < 1.29 is 37.3 Å². The van der Waals surface area contributed by atoms with Gasteiger partial charge in [0.25, 0.3) is 7.82 Å². The molecule has 0 aliphatic rings. The van der Waals surface area contributed by atoms with Crippen LogP contribution in [0.5, 0.6) is 0 Å². The number of phosphoric acid groups is 1. The van der Waals surface area contributed by atoms with Crippen molar-refractivity contribution in [1.82, 2.24) is 5.32 Å². The molecule has 480 valence electrons. The summed E-state index contributed by atoms with van der Waals surface area (Å²) in [7, 11) is 1.17. The van der Waals surface area contributed by atoms with Gasteiger partial charge in [-0.15, -0.1) is 0 Å². The second kappa shape index (κ2) is 62.0. The summed E-state index contributed by atoms with van der Waals surface area (Å²) in [5, 5.41) is 3.03. The summed E-state index contributed by atoms with van der Waals surface area (Å²) in [6.45, 7) is 6.78. The van der Waals surface area contributed by atoms with Crippen LogP contribution in [-0.2, 0) is 27.9 Å². The van der Waals surface area contributed by atoms with Crippen molar-refractivity contribution in [2.24, 2.45) is 0 Å². The third-order valence-electron chi connectivity index (χ3n) is 15.0. The number of ether oxygens (including phenoxy) is 1. The fraction of sp³-hybridized carbons (Fsp3) is 0.753. The summed E-state index contributed by atoms with van der Waals surface area (Å²) < 4.78 is 30.4. The molecule has 0 saturated carbocycles. The molecule has 0 rings (SSSR count). The Bertz CT molecular complexity index is 1740. The van der Waals surface area contributed by atoms with Crippen molar-refractivity contribution in [1.29, 1.82) is 0 Å². The van der Waals surface area contributed by atoms with E-state index in [0.29, 0.717) is 17.4 Å². The van der Waals surface area contributed by atoms with Gasteiger partial charge in [-0.25, -0.2) is 0 Å². The lowest BCUT2D eigenvalue weighted by atomic mass is 10.0. The molecule has 0 bridgehead atoms. The summed E-state index contributed by atoms with van der Waals surface area (Å²) in [5.74, 6) is -0.557. The Balaban J connectivity index is 5.12. The van der Waals surface area contributed by atoms with E-state index >= 15 is 0 Å². The molecule has 3 atom stereocenters. The normalized spacial score (nSPS) is 14.2. The molecule has 0 spiro atoms. The minimum atomic E-state index is -4.71. The second-order valence-corrected chi connectivity index (χ2v) is 25.7. The number of likely N-dealkylation sites (N-methyl/N-ethyl adjacent to an activating group) is 1. The standard InChI is InChI=1S/C73H131N2O7P/c1-7-10-13-16-19-22-25-27-29-31-33-35-37-39-41-43-45-47-50-53-56-59-62-65-72(76)74-70(69-81-83(78,79)80-68-67-75(4,5)6)71(64-61-58-55-52-49-24-21-18-15-12-9-3)82-73(77)66-63-60-57-54-51-48-46-44-42-40-38-36-34-32-30-28-26-23-20-17-14-11-8-2/h19-20,22-23,27-30,33-36,39,41,61,64,70-71H,7-18,21,24-26,31-32,37-38,40,42-60,62-63,65-69H2,1-6H3,(H-,74,76,78,79)/b22-19-,23-20-,29-27-,30-28-,35-33-,36-34-,41-39-,64-61+. The zero-order valence-electron chi connectivity index (χ0n) is 54.9. The highest BCUT2D eigenvalue weighted by Gasteiger charge is 2.27.